The molecule has 1 aromatic rings. The quantitative estimate of drug-likeness (QED) is 0.856. The first-order valence-electron chi connectivity index (χ1n) is 8.13. The third-order valence-electron chi connectivity index (χ3n) is 4.16. The zero-order valence-electron chi connectivity index (χ0n) is 13.5. The van der Waals surface area contributed by atoms with Crippen molar-refractivity contribution in [2.75, 3.05) is 19.6 Å². The van der Waals surface area contributed by atoms with Crippen LogP contribution in [-0.4, -0.2) is 47.5 Å². The highest BCUT2D eigenvalue weighted by Gasteiger charge is 2.19. The normalized spacial score (nSPS) is 17.8. The minimum Gasteiger partial charge on any atom is -0.390 e. The number of carbonyl (C=O) groups is 1. The SMILES string of the molecule is O=C(NCC(O)CN1CCc2ccccc2C1)C1=CN=C=CC=C1. The van der Waals surface area contributed by atoms with Gasteiger partial charge in [-0.15, -0.1) is 0 Å². The van der Waals surface area contributed by atoms with Gasteiger partial charge in [0.25, 0.3) is 5.91 Å². The molecule has 0 radical (unpaired) electrons. The highest BCUT2D eigenvalue weighted by molar-refractivity contribution is 5.96. The van der Waals surface area contributed by atoms with E-state index in [0.717, 1.165) is 19.5 Å². The number of nitrogens with one attached hydrogen (secondary N) is 1. The molecule has 0 aliphatic carbocycles. The number of rotatable bonds is 5. The molecular weight excluding hydrogens is 302 g/mol. The van der Waals surface area contributed by atoms with Crippen molar-refractivity contribution in [2.45, 2.75) is 19.1 Å². The molecule has 1 aromatic carbocycles. The second-order valence-electron chi connectivity index (χ2n) is 5.99. The van der Waals surface area contributed by atoms with Crippen molar-refractivity contribution in [1.82, 2.24) is 10.2 Å². The van der Waals surface area contributed by atoms with E-state index in [1.807, 2.05) is 6.07 Å². The van der Waals surface area contributed by atoms with Crippen LogP contribution in [0, 0.1) is 0 Å². The Bertz CT molecular complexity index is 730. The van der Waals surface area contributed by atoms with Gasteiger partial charge in [0.1, 0.15) is 0 Å². The Hall–Kier alpha value is -2.46. The maximum Gasteiger partial charge on any atom is 0.252 e. The highest BCUT2D eigenvalue weighted by atomic mass is 16.3. The third-order valence-corrected chi connectivity index (χ3v) is 4.16. The number of aliphatic imine (C=N–C) groups is 1. The molecule has 0 saturated heterocycles. The number of carbonyl (C=O) groups excluding carboxylic acids is 1. The number of hydrogen-bond donors (Lipinski definition) is 2. The van der Waals surface area contributed by atoms with Gasteiger partial charge >= 0.3 is 0 Å². The van der Waals surface area contributed by atoms with Gasteiger partial charge in [0.15, 0.2) is 0 Å². The Morgan fingerprint density at radius 3 is 3.08 bits per heavy atom. The first kappa shape index (κ1) is 16.4. The molecule has 5 heteroatoms. The molecule has 3 rings (SSSR count). The molecule has 0 aromatic heterocycles. The number of hydrogen-bond acceptors (Lipinski definition) is 4. The van der Waals surface area contributed by atoms with Gasteiger partial charge in [-0.05, 0) is 35.6 Å². The van der Waals surface area contributed by atoms with Gasteiger partial charge < -0.3 is 10.4 Å². The summed E-state index contributed by atoms with van der Waals surface area (Å²) in [5.41, 5.74) is 3.16. The number of benzene rings is 1. The van der Waals surface area contributed by atoms with E-state index in [4.69, 9.17) is 0 Å². The molecule has 2 aliphatic heterocycles. The van der Waals surface area contributed by atoms with Gasteiger partial charge in [0, 0.05) is 32.4 Å². The molecule has 2 heterocycles. The van der Waals surface area contributed by atoms with Crippen molar-refractivity contribution < 1.29 is 9.90 Å². The van der Waals surface area contributed by atoms with Gasteiger partial charge in [-0.1, -0.05) is 30.3 Å². The lowest BCUT2D eigenvalue weighted by Crippen LogP contribution is -2.42. The van der Waals surface area contributed by atoms with Crippen LogP contribution in [0.15, 0.2) is 59.3 Å². The van der Waals surface area contributed by atoms with Crippen molar-refractivity contribution in [3.63, 3.8) is 0 Å². The summed E-state index contributed by atoms with van der Waals surface area (Å²) < 4.78 is 0. The monoisotopic (exact) mass is 323 g/mol. The van der Waals surface area contributed by atoms with E-state index in [1.165, 1.54) is 17.3 Å². The maximum atomic E-state index is 12.1. The minimum atomic E-state index is -0.601. The number of aliphatic hydroxyl groups is 1. The Morgan fingerprint density at radius 1 is 1.38 bits per heavy atom. The van der Waals surface area contributed by atoms with Gasteiger partial charge in [-0.25, -0.2) is 4.99 Å². The van der Waals surface area contributed by atoms with Crippen LogP contribution in [0.5, 0.6) is 0 Å². The lowest BCUT2D eigenvalue weighted by atomic mass is 10.00. The number of nitrogens with zero attached hydrogens (tertiary/aromatic N) is 2. The van der Waals surface area contributed by atoms with E-state index in [2.05, 4.69) is 39.3 Å². The smallest absolute Gasteiger partial charge is 0.252 e. The number of amides is 1. The topological polar surface area (TPSA) is 64.9 Å². The predicted octanol–water partition coefficient (Wildman–Crippen LogP) is 1.20. The average molecular weight is 323 g/mol. The van der Waals surface area contributed by atoms with Gasteiger partial charge in [-0.2, -0.15) is 0 Å². The van der Waals surface area contributed by atoms with E-state index in [9.17, 15) is 9.90 Å². The molecule has 124 valence electrons. The Morgan fingerprint density at radius 2 is 2.21 bits per heavy atom. The molecule has 0 bridgehead atoms. The van der Waals surface area contributed by atoms with Crippen LogP contribution in [0.3, 0.4) is 0 Å². The van der Waals surface area contributed by atoms with E-state index in [0.29, 0.717) is 12.1 Å². The first-order valence-corrected chi connectivity index (χ1v) is 8.13. The van der Waals surface area contributed by atoms with E-state index in [1.54, 1.807) is 18.2 Å². The molecule has 0 saturated carbocycles. The predicted molar refractivity (Wildman–Crippen MR) is 93.7 cm³/mol. The summed E-state index contributed by atoms with van der Waals surface area (Å²) >= 11 is 0. The van der Waals surface area contributed by atoms with Crippen LogP contribution in [0.2, 0.25) is 0 Å². The van der Waals surface area contributed by atoms with Crippen LogP contribution >= 0.6 is 0 Å². The minimum absolute atomic E-state index is 0.222. The number of aliphatic hydroxyl groups excluding tert-OH is 1. The van der Waals surface area contributed by atoms with Gasteiger partial charge in [0.2, 0.25) is 0 Å². The largest absolute Gasteiger partial charge is 0.390 e. The second-order valence-corrected chi connectivity index (χ2v) is 5.99. The molecule has 2 aliphatic rings. The van der Waals surface area contributed by atoms with Gasteiger partial charge in [0.05, 0.1) is 11.7 Å². The van der Waals surface area contributed by atoms with Crippen LogP contribution in [-0.2, 0) is 17.8 Å². The summed E-state index contributed by atoms with van der Waals surface area (Å²) in [5.74, 6) is 2.42. The Kier molecular flexibility index (Phi) is 5.39. The molecule has 1 amide bonds. The maximum absolute atomic E-state index is 12.1. The summed E-state index contributed by atoms with van der Waals surface area (Å²) in [4.78, 5) is 18.1. The van der Waals surface area contributed by atoms with Crippen LogP contribution < -0.4 is 5.32 Å². The Labute approximate surface area is 141 Å². The van der Waals surface area contributed by atoms with Crippen LogP contribution in [0.25, 0.3) is 0 Å². The molecule has 0 fully saturated rings. The Balaban J connectivity index is 1.46. The standard InChI is InChI=1S/C19H21N3O2/c23-18(12-21-19(24)16-6-3-4-9-20-11-16)14-22-10-8-15-5-1-2-7-17(15)13-22/h1-7,11,18,23H,8,10,12-14H2,(H,21,24). The fourth-order valence-corrected chi connectivity index (χ4v) is 2.91. The van der Waals surface area contributed by atoms with Crippen molar-refractivity contribution >= 4 is 11.8 Å². The van der Waals surface area contributed by atoms with Crippen LogP contribution in [0.4, 0.5) is 0 Å². The average Bonchev–Trinajstić information content (AvgIpc) is 2.89. The lowest BCUT2D eigenvalue weighted by molar-refractivity contribution is -0.117. The molecular formula is C19H21N3O2. The van der Waals surface area contributed by atoms with Crippen molar-refractivity contribution in [3.05, 3.63) is 65.4 Å². The number of fused-ring (bicyclic) bond motifs is 1. The molecule has 2 N–H and O–H groups in total. The molecule has 0 spiro atoms. The number of β-amino-alcohol motifs (C(OH)–C–C–N with tert-alkyl or cyclic N) is 1. The van der Waals surface area contributed by atoms with Crippen molar-refractivity contribution in [1.29, 1.82) is 0 Å². The summed E-state index contributed by atoms with van der Waals surface area (Å²) in [5, 5.41) is 13.0. The molecule has 5 nitrogen and oxygen atoms in total. The van der Waals surface area contributed by atoms with E-state index >= 15 is 0 Å². The third kappa shape index (κ3) is 4.30. The fourth-order valence-electron chi connectivity index (χ4n) is 2.91. The van der Waals surface area contributed by atoms with Gasteiger partial charge in [-0.3, -0.25) is 9.69 Å². The summed E-state index contributed by atoms with van der Waals surface area (Å²) in [7, 11) is 0. The number of allylic oxidation sites excluding steroid dienone is 2. The highest BCUT2D eigenvalue weighted by Crippen LogP contribution is 2.18. The molecule has 1 unspecified atom stereocenters. The first-order chi connectivity index (χ1) is 11.7. The van der Waals surface area contributed by atoms with E-state index in [-0.39, 0.29) is 12.5 Å². The molecule has 1 atom stereocenters. The lowest BCUT2D eigenvalue weighted by Gasteiger charge is -2.30. The molecule has 24 heavy (non-hydrogen) atoms. The summed E-state index contributed by atoms with van der Waals surface area (Å²) in [6.07, 6.45) is 6.88. The second kappa shape index (κ2) is 7.88. The summed E-state index contributed by atoms with van der Waals surface area (Å²) in [6, 6.07) is 8.41. The summed E-state index contributed by atoms with van der Waals surface area (Å²) in [6.45, 7) is 2.54. The zero-order chi connectivity index (χ0) is 16.8. The zero-order valence-corrected chi connectivity index (χ0v) is 13.5. The van der Waals surface area contributed by atoms with Crippen LogP contribution in [0.1, 0.15) is 11.1 Å². The van der Waals surface area contributed by atoms with Crippen molar-refractivity contribution in [2.24, 2.45) is 4.99 Å². The van der Waals surface area contributed by atoms with E-state index < -0.39 is 6.10 Å². The van der Waals surface area contributed by atoms with Crippen molar-refractivity contribution in [3.8, 4) is 0 Å². The fraction of sp³-hybridized carbons (Fsp3) is 0.316.